The number of carbonyl (C=O) groups is 1. The third kappa shape index (κ3) is 9.91. The van der Waals surface area contributed by atoms with Gasteiger partial charge in [-0.2, -0.15) is 0 Å². The molecule has 39 heavy (non-hydrogen) atoms. The molecule has 0 aliphatic heterocycles. The van der Waals surface area contributed by atoms with E-state index in [2.05, 4.69) is 38.1 Å². The van der Waals surface area contributed by atoms with Gasteiger partial charge in [0.05, 0.1) is 5.69 Å². The monoisotopic (exact) mass is 531 g/mol. The smallest absolute Gasteiger partial charge is 0.348 e. The van der Waals surface area contributed by atoms with Crippen molar-refractivity contribution in [2.75, 3.05) is 0 Å². The number of benzene rings is 2. The molecule has 3 rings (SSSR count). The summed E-state index contributed by atoms with van der Waals surface area (Å²) in [5, 5.41) is 0. The summed E-state index contributed by atoms with van der Waals surface area (Å²) < 4.78 is 20.4. The van der Waals surface area contributed by atoms with Crippen LogP contribution in [0.3, 0.4) is 0 Å². The van der Waals surface area contributed by atoms with Crippen molar-refractivity contribution >= 4 is 5.97 Å². The molecule has 0 saturated carbocycles. The van der Waals surface area contributed by atoms with Gasteiger partial charge in [0.1, 0.15) is 5.75 Å². The van der Waals surface area contributed by atoms with Gasteiger partial charge < -0.3 is 4.74 Å². The van der Waals surface area contributed by atoms with Crippen LogP contribution in [0.5, 0.6) is 5.75 Å². The normalized spacial score (nSPS) is 12.7. The third-order valence-electron chi connectivity index (χ3n) is 7.40. The van der Waals surface area contributed by atoms with E-state index in [0.717, 1.165) is 41.6 Å². The number of aromatic nitrogens is 1. The van der Waals surface area contributed by atoms with Crippen molar-refractivity contribution in [2.24, 2.45) is 0 Å². The minimum atomic E-state index is -1.98. The van der Waals surface area contributed by atoms with Gasteiger partial charge in [0.25, 0.3) is 0 Å². The summed E-state index contributed by atoms with van der Waals surface area (Å²) in [5.41, 5.74) is 3.31. The first-order valence-electron chi connectivity index (χ1n) is 15.0. The number of nitrogens with zero attached hydrogens (tertiary/aromatic N) is 1. The van der Waals surface area contributed by atoms with Crippen molar-refractivity contribution in [2.45, 2.75) is 110 Å². The molecule has 1 atom stereocenters. The highest BCUT2D eigenvalue weighted by Crippen LogP contribution is 2.32. The Morgan fingerprint density at radius 2 is 1.38 bits per heavy atom. The van der Waals surface area contributed by atoms with Gasteiger partial charge in [-0.1, -0.05) is 114 Å². The SMILES string of the molecule is CCCCCCCCC(C)(F)C(=O)Oc1ccc(-c2ccccc2-c2ccc(CCCCCCC)cn2)cc1. The molecule has 1 aromatic heterocycles. The van der Waals surface area contributed by atoms with Gasteiger partial charge in [-0.25, -0.2) is 9.18 Å². The fraction of sp³-hybridized carbons (Fsp3) is 0.486. The Morgan fingerprint density at radius 3 is 2.03 bits per heavy atom. The lowest BCUT2D eigenvalue weighted by molar-refractivity contribution is -0.147. The predicted molar refractivity (Wildman–Crippen MR) is 161 cm³/mol. The lowest BCUT2D eigenvalue weighted by Crippen LogP contribution is -2.34. The number of aryl methyl sites for hydroxylation is 1. The van der Waals surface area contributed by atoms with E-state index < -0.39 is 11.6 Å². The Bertz CT molecular complexity index is 1120. The summed E-state index contributed by atoms with van der Waals surface area (Å²) in [6.45, 7) is 5.74. The number of hydrogen-bond donors (Lipinski definition) is 0. The van der Waals surface area contributed by atoms with Gasteiger partial charge in [0.15, 0.2) is 0 Å². The molecule has 1 unspecified atom stereocenters. The number of hydrogen-bond acceptors (Lipinski definition) is 3. The summed E-state index contributed by atoms with van der Waals surface area (Å²) in [5.74, 6) is -0.465. The van der Waals surface area contributed by atoms with Crippen molar-refractivity contribution in [3.8, 4) is 28.1 Å². The first-order chi connectivity index (χ1) is 18.9. The highest BCUT2D eigenvalue weighted by Gasteiger charge is 2.34. The third-order valence-corrected chi connectivity index (χ3v) is 7.40. The Kier molecular flexibility index (Phi) is 12.7. The summed E-state index contributed by atoms with van der Waals surface area (Å²) in [6, 6.07) is 19.7. The molecule has 4 heteroatoms. The van der Waals surface area contributed by atoms with E-state index >= 15 is 0 Å². The number of pyridine rings is 1. The number of esters is 1. The molecule has 0 spiro atoms. The van der Waals surface area contributed by atoms with Crippen LogP contribution in [-0.4, -0.2) is 16.6 Å². The number of alkyl halides is 1. The maximum Gasteiger partial charge on any atom is 0.348 e. The van der Waals surface area contributed by atoms with Crippen LogP contribution in [-0.2, 0) is 11.2 Å². The lowest BCUT2D eigenvalue weighted by Gasteiger charge is -2.18. The first-order valence-corrected chi connectivity index (χ1v) is 15.0. The summed E-state index contributed by atoms with van der Waals surface area (Å²) in [6.07, 6.45) is 15.9. The molecule has 0 radical (unpaired) electrons. The summed E-state index contributed by atoms with van der Waals surface area (Å²) in [7, 11) is 0. The lowest BCUT2D eigenvalue weighted by atomic mass is 9.96. The van der Waals surface area contributed by atoms with Gasteiger partial charge in [-0.15, -0.1) is 0 Å². The summed E-state index contributed by atoms with van der Waals surface area (Å²) in [4.78, 5) is 17.3. The van der Waals surface area contributed by atoms with E-state index in [-0.39, 0.29) is 6.42 Å². The van der Waals surface area contributed by atoms with Crippen LogP contribution >= 0.6 is 0 Å². The average molecular weight is 532 g/mol. The molecule has 0 saturated heterocycles. The van der Waals surface area contributed by atoms with Gasteiger partial charge in [-0.3, -0.25) is 4.98 Å². The first kappa shape index (κ1) is 30.5. The Morgan fingerprint density at radius 1 is 0.769 bits per heavy atom. The number of unbranched alkanes of at least 4 members (excludes halogenated alkanes) is 9. The molecule has 0 aliphatic carbocycles. The van der Waals surface area contributed by atoms with E-state index in [4.69, 9.17) is 9.72 Å². The molecule has 1 heterocycles. The molecule has 3 nitrogen and oxygen atoms in total. The molecular weight excluding hydrogens is 485 g/mol. The number of halogens is 1. The van der Waals surface area contributed by atoms with Crippen molar-refractivity contribution < 1.29 is 13.9 Å². The standard InChI is InChI=1S/C35H46FNO2/c1-4-6-8-10-12-16-26-35(3,36)34(38)39-30-23-21-29(22-24-30)31-18-14-15-19-32(31)33-25-20-28(27-37-33)17-13-11-9-7-5-2/h14-15,18-25,27H,4-13,16-17,26H2,1-3H3. The molecular formula is C35H46FNO2. The Balaban J connectivity index is 1.60. The van der Waals surface area contributed by atoms with Crippen LogP contribution < -0.4 is 4.74 Å². The molecule has 0 N–H and O–H groups in total. The molecule has 3 aromatic rings. The zero-order valence-electron chi connectivity index (χ0n) is 24.2. The molecule has 0 bridgehead atoms. The summed E-state index contributed by atoms with van der Waals surface area (Å²) >= 11 is 0. The van der Waals surface area contributed by atoms with Gasteiger partial charge in [-0.05, 0) is 67.5 Å². The van der Waals surface area contributed by atoms with Crippen molar-refractivity contribution in [1.29, 1.82) is 0 Å². The molecule has 0 fully saturated rings. The van der Waals surface area contributed by atoms with Crippen molar-refractivity contribution in [3.05, 3.63) is 72.4 Å². The molecule has 0 amide bonds. The van der Waals surface area contributed by atoms with Crippen molar-refractivity contribution in [3.63, 3.8) is 0 Å². The molecule has 210 valence electrons. The topological polar surface area (TPSA) is 39.2 Å². The Labute approximate surface area is 235 Å². The molecule has 0 aliphatic rings. The maximum absolute atomic E-state index is 15.0. The maximum atomic E-state index is 15.0. The van der Waals surface area contributed by atoms with Gasteiger partial charge >= 0.3 is 5.97 Å². The quantitative estimate of drug-likeness (QED) is 0.0988. The molecule has 2 aromatic carbocycles. The fourth-order valence-corrected chi connectivity index (χ4v) is 4.88. The number of rotatable bonds is 17. The fourth-order valence-electron chi connectivity index (χ4n) is 4.88. The zero-order valence-corrected chi connectivity index (χ0v) is 24.2. The minimum Gasteiger partial charge on any atom is -0.424 e. The highest BCUT2D eigenvalue weighted by molar-refractivity contribution is 5.83. The second kappa shape index (κ2) is 16.2. The predicted octanol–water partition coefficient (Wildman–Crippen LogP) is 10.3. The van der Waals surface area contributed by atoms with Crippen molar-refractivity contribution in [1.82, 2.24) is 4.98 Å². The van der Waals surface area contributed by atoms with E-state index in [9.17, 15) is 9.18 Å². The zero-order chi connectivity index (χ0) is 27.9. The van der Waals surface area contributed by atoms with Gasteiger partial charge in [0.2, 0.25) is 5.67 Å². The second-order valence-corrected chi connectivity index (χ2v) is 10.9. The average Bonchev–Trinajstić information content (AvgIpc) is 2.95. The number of ether oxygens (including phenoxy) is 1. The van der Waals surface area contributed by atoms with Crippen LogP contribution in [0.15, 0.2) is 66.9 Å². The minimum absolute atomic E-state index is 0.189. The highest BCUT2D eigenvalue weighted by atomic mass is 19.1. The van der Waals surface area contributed by atoms with Crippen LogP contribution in [0.2, 0.25) is 0 Å². The Hall–Kier alpha value is -3.01. The largest absolute Gasteiger partial charge is 0.424 e. The van der Waals surface area contributed by atoms with Crippen LogP contribution in [0.25, 0.3) is 22.4 Å². The van der Waals surface area contributed by atoms with E-state index in [0.29, 0.717) is 12.2 Å². The van der Waals surface area contributed by atoms with Gasteiger partial charge in [0, 0.05) is 11.8 Å². The van der Waals surface area contributed by atoms with E-state index in [1.807, 2.05) is 30.5 Å². The van der Waals surface area contributed by atoms with Crippen LogP contribution in [0.1, 0.15) is 103 Å². The number of carbonyl (C=O) groups excluding carboxylic acids is 1. The second-order valence-electron chi connectivity index (χ2n) is 10.9. The van der Waals surface area contributed by atoms with Crippen LogP contribution in [0, 0.1) is 0 Å². The van der Waals surface area contributed by atoms with Crippen LogP contribution in [0.4, 0.5) is 4.39 Å². The van der Waals surface area contributed by atoms with E-state index in [1.54, 1.807) is 12.1 Å². The van der Waals surface area contributed by atoms with E-state index in [1.165, 1.54) is 63.9 Å².